The maximum Gasteiger partial charge on any atom is 0.229 e. The Morgan fingerprint density at radius 3 is 3.07 bits per heavy atom. The number of fused-ring (bicyclic) bond motifs is 1. The average Bonchev–Trinajstić information content (AvgIpc) is 3.09. The standard InChI is InChI=1S/C21H28N4O3/c1-16-22-14-19-6-5-17(15-25(16)19)21(26)23-18-3-2-4-20(13-18)28-12-9-24-7-10-27-11-8-24/h2-4,13-14,17H,5-12,15H2,1H3,(H,23,26). The molecule has 7 heteroatoms. The molecule has 150 valence electrons. The lowest BCUT2D eigenvalue weighted by molar-refractivity contribution is -0.120. The molecule has 1 saturated heterocycles. The number of aromatic nitrogens is 2. The molecular weight excluding hydrogens is 356 g/mol. The van der Waals surface area contributed by atoms with Gasteiger partial charge in [0.2, 0.25) is 5.91 Å². The molecule has 3 heterocycles. The minimum absolute atomic E-state index is 0.0358. The molecule has 1 fully saturated rings. The summed E-state index contributed by atoms with van der Waals surface area (Å²) in [5, 5.41) is 3.05. The first kappa shape index (κ1) is 19.0. The third-order valence-electron chi connectivity index (χ3n) is 5.54. The lowest BCUT2D eigenvalue weighted by Gasteiger charge is -2.26. The van der Waals surface area contributed by atoms with E-state index < -0.39 is 0 Å². The molecule has 0 radical (unpaired) electrons. The molecule has 4 rings (SSSR count). The number of nitrogens with zero attached hydrogens (tertiary/aromatic N) is 3. The fraction of sp³-hybridized carbons (Fsp3) is 0.524. The third kappa shape index (κ3) is 4.54. The predicted molar refractivity (Wildman–Crippen MR) is 107 cm³/mol. The van der Waals surface area contributed by atoms with Crippen molar-refractivity contribution in [1.29, 1.82) is 0 Å². The number of hydrogen-bond donors (Lipinski definition) is 1. The Labute approximate surface area is 165 Å². The van der Waals surface area contributed by atoms with Gasteiger partial charge in [-0.15, -0.1) is 0 Å². The molecule has 0 saturated carbocycles. The summed E-state index contributed by atoms with van der Waals surface area (Å²) >= 11 is 0. The van der Waals surface area contributed by atoms with E-state index in [-0.39, 0.29) is 11.8 Å². The van der Waals surface area contributed by atoms with Crippen LogP contribution in [0.3, 0.4) is 0 Å². The molecule has 2 aromatic rings. The molecule has 1 aromatic carbocycles. The maximum absolute atomic E-state index is 12.7. The summed E-state index contributed by atoms with van der Waals surface area (Å²) in [7, 11) is 0. The highest BCUT2D eigenvalue weighted by molar-refractivity contribution is 5.92. The van der Waals surface area contributed by atoms with Crippen molar-refractivity contribution in [3.05, 3.63) is 42.0 Å². The van der Waals surface area contributed by atoms with Crippen LogP contribution in [0.4, 0.5) is 5.69 Å². The highest BCUT2D eigenvalue weighted by atomic mass is 16.5. The zero-order chi connectivity index (χ0) is 19.3. The van der Waals surface area contributed by atoms with Crippen LogP contribution in [-0.2, 0) is 22.5 Å². The van der Waals surface area contributed by atoms with Crippen molar-refractivity contribution in [2.45, 2.75) is 26.3 Å². The van der Waals surface area contributed by atoms with Gasteiger partial charge in [0.05, 0.1) is 19.1 Å². The van der Waals surface area contributed by atoms with Gasteiger partial charge in [-0.1, -0.05) is 6.07 Å². The van der Waals surface area contributed by atoms with E-state index in [2.05, 4.69) is 19.8 Å². The SMILES string of the molecule is Cc1ncc2n1CC(C(=O)Nc1cccc(OCCN3CCOCC3)c1)CC2. The highest BCUT2D eigenvalue weighted by Crippen LogP contribution is 2.24. The minimum Gasteiger partial charge on any atom is -0.492 e. The molecule has 0 bridgehead atoms. The van der Waals surface area contributed by atoms with E-state index in [0.717, 1.165) is 63.0 Å². The van der Waals surface area contributed by atoms with Crippen LogP contribution in [0.25, 0.3) is 0 Å². The summed E-state index contributed by atoms with van der Waals surface area (Å²) in [6, 6.07) is 7.65. The van der Waals surface area contributed by atoms with Crippen LogP contribution in [-0.4, -0.2) is 59.8 Å². The number of carbonyl (C=O) groups excluding carboxylic acids is 1. The zero-order valence-electron chi connectivity index (χ0n) is 16.4. The maximum atomic E-state index is 12.7. The molecule has 2 aliphatic rings. The molecule has 1 unspecified atom stereocenters. The van der Waals surface area contributed by atoms with E-state index in [1.807, 2.05) is 37.4 Å². The van der Waals surface area contributed by atoms with Gasteiger partial charge >= 0.3 is 0 Å². The van der Waals surface area contributed by atoms with E-state index in [4.69, 9.17) is 9.47 Å². The van der Waals surface area contributed by atoms with E-state index >= 15 is 0 Å². The number of imidazole rings is 1. The second-order valence-corrected chi connectivity index (χ2v) is 7.46. The van der Waals surface area contributed by atoms with Gasteiger partial charge in [-0.05, 0) is 31.9 Å². The number of ether oxygens (including phenoxy) is 2. The fourth-order valence-corrected chi connectivity index (χ4v) is 3.84. The number of benzene rings is 1. The number of anilines is 1. The van der Waals surface area contributed by atoms with Gasteiger partial charge in [0.1, 0.15) is 18.2 Å². The summed E-state index contributed by atoms with van der Waals surface area (Å²) in [4.78, 5) is 19.4. The van der Waals surface area contributed by atoms with Crippen molar-refractivity contribution in [1.82, 2.24) is 14.5 Å². The van der Waals surface area contributed by atoms with E-state index in [1.165, 1.54) is 5.69 Å². The summed E-state index contributed by atoms with van der Waals surface area (Å²) in [6.07, 6.45) is 3.66. The molecular formula is C21H28N4O3. The van der Waals surface area contributed by atoms with Gasteiger partial charge in [0, 0.05) is 49.8 Å². The van der Waals surface area contributed by atoms with Crippen LogP contribution in [0.1, 0.15) is 17.9 Å². The van der Waals surface area contributed by atoms with E-state index in [9.17, 15) is 4.79 Å². The van der Waals surface area contributed by atoms with E-state index in [1.54, 1.807) is 0 Å². The smallest absolute Gasteiger partial charge is 0.229 e. The molecule has 1 aromatic heterocycles. The zero-order valence-corrected chi connectivity index (χ0v) is 16.4. The lowest BCUT2D eigenvalue weighted by Crippen LogP contribution is -2.38. The molecule has 2 aliphatic heterocycles. The van der Waals surface area contributed by atoms with Crippen LogP contribution in [0.15, 0.2) is 30.5 Å². The molecule has 0 aliphatic carbocycles. The first-order valence-corrected chi connectivity index (χ1v) is 10.0. The number of nitrogens with one attached hydrogen (secondary N) is 1. The normalized spacial score (nSPS) is 19.8. The largest absolute Gasteiger partial charge is 0.492 e. The van der Waals surface area contributed by atoms with Gasteiger partial charge < -0.3 is 19.4 Å². The van der Waals surface area contributed by atoms with E-state index in [0.29, 0.717) is 13.2 Å². The Bertz CT molecular complexity index is 814. The number of carbonyl (C=O) groups is 1. The Hall–Kier alpha value is -2.38. The second-order valence-electron chi connectivity index (χ2n) is 7.46. The first-order valence-electron chi connectivity index (χ1n) is 10.0. The van der Waals surface area contributed by atoms with Crippen LogP contribution < -0.4 is 10.1 Å². The number of aryl methyl sites for hydroxylation is 2. The molecule has 28 heavy (non-hydrogen) atoms. The quantitative estimate of drug-likeness (QED) is 0.826. The van der Waals surface area contributed by atoms with Crippen molar-refractivity contribution >= 4 is 11.6 Å². The number of morpholine rings is 1. The summed E-state index contributed by atoms with van der Waals surface area (Å²) in [5.74, 6) is 1.78. The molecule has 1 atom stereocenters. The van der Waals surface area contributed by atoms with Gasteiger partial charge in [-0.2, -0.15) is 0 Å². The molecule has 1 amide bonds. The third-order valence-corrected chi connectivity index (χ3v) is 5.54. The first-order chi connectivity index (χ1) is 13.7. The fourth-order valence-electron chi connectivity index (χ4n) is 3.84. The Kier molecular flexibility index (Phi) is 5.92. The van der Waals surface area contributed by atoms with Gasteiger partial charge in [0.15, 0.2) is 0 Å². The Balaban J connectivity index is 1.29. The highest BCUT2D eigenvalue weighted by Gasteiger charge is 2.26. The monoisotopic (exact) mass is 384 g/mol. The van der Waals surface area contributed by atoms with Crippen molar-refractivity contribution in [2.75, 3.05) is 44.8 Å². The topological polar surface area (TPSA) is 68.6 Å². The van der Waals surface area contributed by atoms with Crippen molar-refractivity contribution in [2.24, 2.45) is 5.92 Å². The van der Waals surface area contributed by atoms with Crippen molar-refractivity contribution < 1.29 is 14.3 Å². The van der Waals surface area contributed by atoms with Gasteiger partial charge in [-0.25, -0.2) is 4.98 Å². The molecule has 7 nitrogen and oxygen atoms in total. The average molecular weight is 384 g/mol. The van der Waals surface area contributed by atoms with Crippen LogP contribution in [0, 0.1) is 12.8 Å². The second kappa shape index (κ2) is 8.75. The lowest BCUT2D eigenvalue weighted by atomic mass is 9.97. The van der Waals surface area contributed by atoms with Crippen molar-refractivity contribution in [3.63, 3.8) is 0 Å². The summed E-state index contributed by atoms with van der Waals surface area (Å²) in [6.45, 7) is 7.70. The van der Waals surface area contributed by atoms with Gasteiger partial charge in [0.25, 0.3) is 0 Å². The summed E-state index contributed by atoms with van der Waals surface area (Å²) in [5.41, 5.74) is 2.00. The van der Waals surface area contributed by atoms with Gasteiger partial charge in [-0.3, -0.25) is 9.69 Å². The Morgan fingerprint density at radius 2 is 2.21 bits per heavy atom. The predicted octanol–water partition coefficient (Wildman–Crippen LogP) is 2.10. The number of amides is 1. The van der Waals surface area contributed by atoms with Crippen LogP contribution in [0.2, 0.25) is 0 Å². The van der Waals surface area contributed by atoms with Crippen molar-refractivity contribution in [3.8, 4) is 5.75 Å². The molecule has 1 N–H and O–H groups in total. The number of rotatable bonds is 6. The number of hydrogen-bond acceptors (Lipinski definition) is 5. The minimum atomic E-state index is -0.0358. The Morgan fingerprint density at radius 1 is 1.36 bits per heavy atom. The summed E-state index contributed by atoms with van der Waals surface area (Å²) < 4.78 is 13.4. The molecule has 0 spiro atoms. The van der Waals surface area contributed by atoms with Crippen LogP contribution >= 0.6 is 0 Å². The van der Waals surface area contributed by atoms with Crippen LogP contribution in [0.5, 0.6) is 5.75 Å².